The first-order valence-corrected chi connectivity index (χ1v) is 9.80. The van der Waals surface area contributed by atoms with Gasteiger partial charge in [-0.25, -0.2) is 0 Å². The van der Waals surface area contributed by atoms with E-state index in [-0.39, 0.29) is 5.91 Å². The predicted molar refractivity (Wildman–Crippen MR) is 99.3 cm³/mol. The van der Waals surface area contributed by atoms with Crippen LogP contribution in [0.4, 0.5) is 5.69 Å². The SMILES string of the molecule is N#CCSc1ccccc1NC(=O)CN1CCC[C@@H]1c1cccs1. The quantitative estimate of drug-likeness (QED) is 0.790. The molecule has 1 aliphatic rings. The summed E-state index contributed by atoms with van der Waals surface area (Å²) in [5.41, 5.74) is 0.787. The Kier molecular flexibility index (Phi) is 5.91. The summed E-state index contributed by atoms with van der Waals surface area (Å²) in [5, 5.41) is 13.8. The maximum absolute atomic E-state index is 12.5. The summed E-state index contributed by atoms with van der Waals surface area (Å²) >= 11 is 3.20. The molecule has 0 unspecified atom stereocenters. The first kappa shape index (κ1) is 17.0. The largest absolute Gasteiger partial charge is 0.324 e. The van der Waals surface area contributed by atoms with Crippen molar-refractivity contribution in [1.82, 2.24) is 4.90 Å². The van der Waals surface area contributed by atoms with Gasteiger partial charge in [0.05, 0.1) is 24.1 Å². The van der Waals surface area contributed by atoms with Crippen molar-refractivity contribution in [3.8, 4) is 6.07 Å². The molecular weight excluding hydrogens is 338 g/mol. The van der Waals surface area contributed by atoms with Gasteiger partial charge in [-0.1, -0.05) is 18.2 Å². The van der Waals surface area contributed by atoms with E-state index in [2.05, 4.69) is 33.8 Å². The minimum Gasteiger partial charge on any atom is -0.324 e. The van der Waals surface area contributed by atoms with E-state index in [0.29, 0.717) is 18.3 Å². The zero-order valence-corrected chi connectivity index (χ0v) is 14.9. The van der Waals surface area contributed by atoms with E-state index in [4.69, 9.17) is 5.26 Å². The highest BCUT2D eigenvalue weighted by Gasteiger charge is 2.28. The molecule has 2 aromatic rings. The minimum absolute atomic E-state index is 0.00321. The first-order valence-electron chi connectivity index (χ1n) is 7.94. The highest BCUT2D eigenvalue weighted by atomic mass is 32.2. The molecule has 0 radical (unpaired) electrons. The Morgan fingerprint density at radius 2 is 2.25 bits per heavy atom. The molecule has 1 N–H and O–H groups in total. The molecule has 124 valence electrons. The van der Waals surface area contributed by atoms with Gasteiger partial charge in [0.25, 0.3) is 0 Å². The first-order chi connectivity index (χ1) is 11.8. The summed E-state index contributed by atoms with van der Waals surface area (Å²) in [4.78, 5) is 17.0. The Morgan fingerprint density at radius 1 is 1.38 bits per heavy atom. The van der Waals surface area contributed by atoms with Gasteiger partial charge >= 0.3 is 0 Å². The number of carbonyl (C=O) groups is 1. The number of rotatable bonds is 6. The number of nitrogens with one attached hydrogen (secondary N) is 1. The number of benzene rings is 1. The molecule has 1 atom stereocenters. The number of thiophene rings is 1. The molecule has 1 amide bonds. The van der Waals surface area contributed by atoms with Crippen LogP contribution in [0.5, 0.6) is 0 Å². The van der Waals surface area contributed by atoms with Crippen molar-refractivity contribution < 1.29 is 4.79 Å². The average Bonchev–Trinajstić information content (AvgIpc) is 3.25. The molecule has 24 heavy (non-hydrogen) atoms. The van der Waals surface area contributed by atoms with E-state index in [1.807, 2.05) is 24.3 Å². The van der Waals surface area contributed by atoms with Crippen molar-refractivity contribution in [2.45, 2.75) is 23.8 Å². The number of nitriles is 1. The fraction of sp³-hybridized carbons (Fsp3) is 0.333. The summed E-state index contributed by atoms with van der Waals surface area (Å²) in [6.07, 6.45) is 2.24. The Balaban J connectivity index is 1.63. The second-order valence-corrected chi connectivity index (χ2v) is 7.63. The van der Waals surface area contributed by atoms with Crippen molar-refractivity contribution >= 4 is 34.7 Å². The highest BCUT2D eigenvalue weighted by Crippen LogP contribution is 2.34. The Bertz CT molecular complexity index is 724. The van der Waals surface area contributed by atoms with Crippen LogP contribution in [-0.4, -0.2) is 29.6 Å². The van der Waals surface area contributed by atoms with E-state index in [9.17, 15) is 4.79 Å². The molecular formula is C18H19N3OS2. The molecule has 4 nitrogen and oxygen atoms in total. The third-order valence-corrected chi connectivity index (χ3v) is 5.95. The van der Waals surface area contributed by atoms with Crippen LogP contribution in [0.15, 0.2) is 46.7 Å². The molecule has 0 aliphatic carbocycles. The average molecular weight is 358 g/mol. The van der Waals surface area contributed by atoms with Crippen LogP contribution in [-0.2, 0) is 4.79 Å². The van der Waals surface area contributed by atoms with Crippen LogP contribution in [0, 0.1) is 11.3 Å². The topological polar surface area (TPSA) is 56.1 Å². The third-order valence-electron chi connectivity index (χ3n) is 4.04. The number of amides is 1. The van der Waals surface area contributed by atoms with Gasteiger partial charge in [0.2, 0.25) is 5.91 Å². The summed E-state index contributed by atoms with van der Waals surface area (Å²) in [7, 11) is 0. The van der Waals surface area contributed by atoms with Gasteiger partial charge < -0.3 is 5.32 Å². The van der Waals surface area contributed by atoms with Crippen molar-refractivity contribution in [3.05, 3.63) is 46.7 Å². The molecule has 1 aromatic heterocycles. The lowest BCUT2D eigenvalue weighted by atomic mass is 10.2. The lowest BCUT2D eigenvalue weighted by Crippen LogP contribution is -2.32. The van der Waals surface area contributed by atoms with Gasteiger partial charge in [0, 0.05) is 15.8 Å². The van der Waals surface area contributed by atoms with Gasteiger partial charge in [-0.3, -0.25) is 9.69 Å². The second kappa shape index (κ2) is 8.34. The van der Waals surface area contributed by atoms with Crippen LogP contribution in [0.2, 0.25) is 0 Å². The summed E-state index contributed by atoms with van der Waals surface area (Å²) in [6.45, 7) is 1.36. The van der Waals surface area contributed by atoms with E-state index in [1.165, 1.54) is 16.6 Å². The van der Waals surface area contributed by atoms with Crippen LogP contribution in [0.25, 0.3) is 0 Å². The normalized spacial score (nSPS) is 17.5. The molecule has 0 spiro atoms. The van der Waals surface area contributed by atoms with Crippen LogP contribution in [0.3, 0.4) is 0 Å². The molecule has 6 heteroatoms. The lowest BCUT2D eigenvalue weighted by Gasteiger charge is -2.23. The summed E-state index contributed by atoms with van der Waals surface area (Å²) < 4.78 is 0. The standard InChI is InChI=1S/C18H19N3OS2/c19-9-12-24-16-7-2-1-5-14(16)20-18(22)13-21-10-3-6-15(21)17-8-4-11-23-17/h1-2,4-5,7-8,11,15H,3,6,10,12-13H2,(H,20,22)/t15-/m1/s1. The van der Waals surface area contributed by atoms with Crippen molar-refractivity contribution in [2.75, 3.05) is 24.2 Å². The number of likely N-dealkylation sites (tertiary alicyclic amines) is 1. The maximum atomic E-state index is 12.5. The molecule has 1 aromatic carbocycles. The van der Waals surface area contributed by atoms with Crippen LogP contribution in [0.1, 0.15) is 23.8 Å². The molecule has 1 saturated heterocycles. The number of thioether (sulfide) groups is 1. The van der Waals surface area contributed by atoms with Gasteiger partial charge in [0.1, 0.15) is 0 Å². The molecule has 0 bridgehead atoms. The van der Waals surface area contributed by atoms with Crippen molar-refractivity contribution in [2.24, 2.45) is 0 Å². The monoisotopic (exact) mass is 357 g/mol. The lowest BCUT2D eigenvalue weighted by molar-refractivity contribution is -0.117. The third kappa shape index (κ3) is 4.18. The second-order valence-electron chi connectivity index (χ2n) is 5.64. The Morgan fingerprint density at radius 3 is 3.04 bits per heavy atom. The van der Waals surface area contributed by atoms with E-state index in [1.54, 1.807) is 11.3 Å². The fourth-order valence-electron chi connectivity index (χ4n) is 3.00. The van der Waals surface area contributed by atoms with E-state index in [0.717, 1.165) is 30.0 Å². The smallest absolute Gasteiger partial charge is 0.238 e. The molecule has 1 fully saturated rings. The maximum Gasteiger partial charge on any atom is 0.238 e. The van der Waals surface area contributed by atoms with Gasteiger partial charge in [-0.2, -0.15) is 5.26 Å². The predicted octanol–water partition coefficient (Wildman–Crippen LogP) is 4.14. The van der Waals surface area contributed by atoms with Gasteiger partial charge in [0.15, 0.2) is 0 Å². The zero-order chi connectivity index (χ0) is 16.8. The number of carbonyl (C=O) groups excluding carboxylic acids is 1. The molecule has 3 rings (SSSR count). The van der Waals surface area contributed by atoms with Crippen LogP contribution >= 0.6 is 23.1 Å². The van der Waals surface area contributed by atoms with Gasteiger partial charge in [-0.15, -0.1) is 23.1 Å². The fourth-order valence-corrected chi connectivity index (χ4v) is 4.56. The number of hydrogen-bond acceptors (Lipinski definition) is 5. The Labute approximate surface area is 150 Å². The van der Waals surface area contributed by atoms with Crippen molar-refractivity contribution in [1.29, 1.82) is 5.26 Å². The number of para-hydroxylation sites is 1. The molecule has 0 saturated carbocycles. The minimum atomic E-state index is 0.00321. The number of anilines is 1. The Hall–Kier alpha value is -1.81. The zero-order valence-electron chi connectivity index (χ0n) is 13.3. The number of hydrogen-bond donors (Lipinski definition) is 1. The summed E-state index contributed by atoms with van der Waals surface area (Å²) in [6, 6.07) is 14.3. The van der Waals surface area contributed by atoms with E-state index >= 15 is 0 Å². The molecule has 2 heterocycles. The van der Waals surface area contributed by atoms with Crippen LogP contribution < -0.4 is 5.32 Å². The molecule has 1 aliphatic heterocycles. The van der Waals surface area contributed by atoms with E-state index < -0.39 is 0 Å². The number of nitrogens with zero attached hydrogens (tertiary/aromatic N) is 2. The highest BCUT2D eigenvalue weighted by molar-refractivity contribution is 7.99. The van der Waals surface area contributed by atoms with Gasteiger partial charge in [-0.05, 0) is 43.0 Å². The van der Waals surface area contributed by atoms with Crippen molar-refractivity contribution in [3.63, 3.8) is 0 Å². The summed E-state index contributed by atoms with van der Waals surface area (Å²) in [5.74, 6) is 0.378.